The Labute approximate surface area is 220 Å². The zero-order valence-corrected chi connectivity index (χ0v) is 21.6. The first-order chi connectivity index (χ1) is 17.2. The highest BCUT2D eigenvalue weighted by atomic mass is 35.5. The molecule has 1 unspecified atom stereocenters. The molecular weight excluding hydrogens is 502 g/mol. The summed E-state index contributed by atoms with van der Waals surface area (Å²) < 4.78 is 20.1. The largest absolute Gasteiger partial charge is 0.482 e. The Bertz CT molecular complexity index is 1260. The predicted molar refractivity (Wildman–Crippen MR) is 142 cm³/mol. The van der Waals surface area contributed by atoms with E-state index in [9.17, 15) is 9.18 Å². The molecule has 1 atom stereocenters. The average Bonchev–Trinajstić information content (AvgIpc) is 3.37. The van der Waals surface area contributed by atoms with E-state index < -0.39 is 17.8 Å². The molecule has 1 aromatic heterocycles. The lowest BCUT2D eigenvalue weighted by atomic mass is 9.95. The van der Waals surface area contributed by atoms with Crippen molar-refractivity contribution in [2.24, 2.45) is 5.73 Å². The Balaban J connectivity index is 1.62. The number of hydrogen-bond donors (Lipinski definition) is 2. The number of ether oxygens (including phenoxy) is 1. The first-order valence-electron chi connectivity index (χ1n) is 12.0. The number of hydrogen-bond acceptors (Lipinski definition) is 5. The van der Waals surface area contributed by atoms with Crippen molar-refractivity contribution in [3.63, 3.8) is 0 Å². The van der Waals surface area contributed by atoms with Crippen molar-refractivity contribution in [2.75, 3.05) is 25.4 Å². The van der Waals surface area contributed by atoms with Crippen LogP contribution in [0.3, 0.4) is 0 Å². The third-order valence-corrected chi connectivity index (χ3v) is 7.21. The molecule has 6 nitrogen and oxygen atoms in total. The third-order valence-electron chi connectivity index (χ3n) is 6.49. The summed E-state index contributed by atoms with van der Waals surface area (Å²) >= 11 is 12.4. The van der Waals surface area contributed by atoms with Crippen LogP contribution >= 0.6 is 23.2 Å². The molecule has 3 aromatic rings. The van der Waals surface area contributed by atoms with Crippen molar-refractivity contribution >= 4 is 34.9 Å². The molecule has 1 saturated heterocycles. The van der Waals surface area contributed by atoms with Crippen molar-refractivity contribution in [3.8, 4) is 16.9 Å². The number of likely N-dealkylation sites (tertiary alicyclic amines) is 1. The lowest BCUT2D eigenvalue weighted by Gasteiger charge is -2.20. The van der Waals surface area contributed by atoms with Gasteiger partial charge in [-0.2, -0.15) is 0 Å². The minimum absolute atomic E-state index is 0.0972. The number of rotatable bonds is 9. The maximum Gasteiger partial charge on any atom is 0.248 e. The zero-order chi connectivity index (χ0) is 25.8. The number of anilines is 1. The van der Waals surface area contributed by atoms with Gasteiger partial charge in [-0.3, -0.25) is 4.79 Å². The highest BCUT2D eigenvalue weighted by Gasteiger charge is 2.21. The topological polar surface area (TPSA) is 94.5 Å². The summed E-state index contributed by atoms with van der Waals surface area (Å²) in [6.45, 7) is 4.98. The molecule has 0 radical (unpaired) electrons. The van der Waals surface area contributed by atoms with E-state index in [2.05, 4.69) is 9.88 Å². The number of nitrogen functional groups attached to an aromatic ring is 1. The van der Waals surface area contributed by atoms with Crippen molar-refractivity contribution in [1.82, 2.24) is 9.88 Å². The molecule has 0 aliphatic carbocycles. The number of pyridine rings is 1. The summed E-state index contributed by atoms with van der Waals surface area (Å²) in [4.78, 5) is 18.6. The van der Waals surface area contributed by atoms with Crippen molar-refractivity contribution < 1.29 is 13.9 Å². The number of primary amides is 1. The first kappa shape index (κ1) is 26.2. The molecule has 0 spiro atoms. The maximum atomic E-state index is 14.0. The summed E-state index contributed by atoms with van der Waals surface area (Å²) in [5, 5.41) is 0.193. The van der Waals surface area contributed by atoms with Crippen LogP contribution in [-0.4, -0.2) is 35.4 Å². The van der Waals surface area contributed by atoms with Crippen LogP contribution in [0.25, 0.3) is 11.1 Å². The van der Waals surface area contributed by atoms with E-state index in [-0.39, 0.29) is 10.8 Å². The fourth-order valence-electron chi connectivity index (χ4n) is 4.60. The van der Waals surface area contributed by atoms with E-state index >= 15 is 0 Å². The van der Waals surface area contributed by atoms with Gasteiger partial charge in [-0.05, 0) is 93.7 Å². The van der Waals surface area contributed by atoms with Crippen LogP contribution in [-0.2, 0) is 6.42 Å². The second-order valence-electron chi connectivity index (χ2n) is 9.01. The third kappa shape index (κ3) is 5.91. The number of amides is 1. The van der Waals surface area contributed by atoms with E-state index in [0.29, 0.717) is 21.9 Å². The molecular formula is C27H29Cl2FN4O2. The number of nitrogens with two attached hydrogens (primary N) is 2. The monoisotopic (exact) mass is 530 g/mol. The normalized spacial score (nSPS) is 14.7. The quantitative estimate of drug-likeness (QED) is 0.328. The smallest absolute Gasteiger partial charge is 0.248 e. The van der Waals surface area contributed by atoms with E-state index in [1.54, 1.807) is 25.3 Å². The summed E-state index contributed by atoms with van der Waals surface area (Å²) in [6.07, 6.45) is 5.20. The van der Waals surface area contributed by atoms with Gasteiger partial charge in [0.15, 0.2) is 11.6 Å². The minimum Gasteiger partial charge on any atom is -0.482 e. The molecule has 36 heavy (non-hydrogen) atoms. The van der Waals surface area contributed by atoms with Crippen LogP contribution in [0.2, 0.25) is 10.0 Å². The van der Waals surface area contributed by atoms with E-state index in [1.807, 2.05) is 12.1 Å². The van der Waals surface area contributed by atoms with Gasteiger partial charge in [-0.15, -0.1) is 0 Å². The first-order valence-corrected chi connectivity index (χ1v) is 12.7. The van der Waals surface area contributed by atoms with E-state index in [4.69, 9.17) is 39.4 Å². The number of carbonyl (C=O) groups is 1. The lowest BCUT2D eigenvalue weighted by Crippen LogP contribution is -2.20. The van der Waals surface area contributed by atoms with Crippen molar-refractivity contribution in [3.05, 3.63) is 75.1 Å². The van der Waals surface area contributed by atoms with Gasteiger partial charge in [0, 0.05) is 27.9 Å². The van der Waals surface area contributed by atoms with Gasteiger partial charge < -0.3 is 21.1 Å². The SMILES string of the molecule is CC(Oc1cc(-c2ccc(C(N)=O)cc2CCCN2CCCC2)cnc1N)c1c(Cl)ccc(F)c1Cl. The Hall–Kier alpha value is -2.87. The van der Waals surface area contributed by atoms with Gasteiger partial charge >= 0.3 is 0 Å². The molecule has 0 bridgehead atoms. The lowest BCUT2D eigenvalue weighted by molar-refractivity contribution is 0.1000. The Morgan fingerprint density at radius 1 is 1.19 bits per heavy atom. The standard InChI is InChI=1S/C27H29Cl2FN4O2/c1-16(24-21(28)8-9-22(30)25(24)29)36-23-14-19(15-33-26(23)31)20-7-6-18(27(32)35)13-17(20)5-4-12-34-10-2-3-11-34/h6-9,13-16H,2-5,10-12H2,1H3,(H2,31,33)(H2,32,35). The number of benzene rings is 2. The average molecular weight is 531 g/mol. The number of aryl methyl sites for hydroxylation is 1. The van der Waals surface area contributed by atoms with Crippen LogP contribution in [0.5, 0.6) is 5.75 Å². The molecule has 1 aliphatic rings. The van der Waals surface area contributed by atoms with Crippen LogP contribution in [0.1, 0.15) is 53.8 Å². The Morgan fingerprint density at radius 3 is 2.67 bits per heavy atom. The van der Waals surface area contributed by atoms with Crippen molar-refractivity contribution in [1.29, 1.82) is 0 Å². The molecule has 1 aliphatic heterocycles. The summed E-state index contributed by atoms with van der Waals surface area (Å²) in [5.41, 5.74) is 15.1. The molecule has 0 saturated carbocycles. The summed E-state index contributed by atoms with van der Waals surface area (Å²) in [7, 11) is 0. The second-order valence-corrected chi connectivity index (χ2v) is 9.80. The van der Waals surface area contributed by atoms with E-state index in [0.717, 1.165) is 49.2 Å². The number of aromatic nitrogens is 1. The van der Waals surface area contributed by atoms with E-state index in [1.165, 1.54) is 25.0 Å². The summed E-state index contributed by atoms with van der Waals surface area (Å²) in [5.74, 6) is -0.559. The number of halogens is 3. The molecule has 1 fully saturated rings. The van der Waals surface area contributed by atoms with Gasteiger partial charge in [0.25, 0.3) is 0 Å². The van der Waals surface area contributed by atoms with Crippen LogP contribution in [0.4, 0.5) is 10.2 Å². The molecule has 190 valence electrons. The van der Waals surface area contributed by atoms with Gasteiger partial charge in [-0.25, -0.2) is 9.37 Å². The summed E-state index contributed by atoms with van der Waals surface area (Å²) in [6, 6.07) is 9.83. The molecule has 9 heteroatoms. The van der Waals surface area contributed by atoms with Gasteiger partial charge in [-0.1, -0.05) is 29.3 Å². The Morgan fingerprint density at radius 2 is 1.94 bits per heavy atom. The minimum atomic E-state index is -0.683. The van der Waals surface area contributed by atoms with Gasteiger partial charge in [0.1, 0.15) is 11.9 Å². The zero-order valence-electron chi connectivity index (χ0n) is 20.1. The highest BCUT2D eigenvalue weighted by Crippen LogP contribution is 2.37. The maximum absolute atomic E-state index is 14.0. The molecule has 2 aromatic carbocycles. The Kier molecular flexibility index (Phi) is 8.34. The molecule has 1 amide bonds. The van der Waals surface area contributed by atoms with Crippen LogP contribution in [0.15, 0.2) is 42.6 Å². The molecule has 4 N–H and O–H groups in total. The van der Waals surface area contributed by atoms with Crippen LogP contribution < -0.4 is 16.2 Å². The fraction of sp³-hybridized carbons (Fsp3) is 0.333. The van der Waals surface area contributed by atoms with Gasteiger partial charge in [0.05, 0.1) is 5.02 Å². The second kappa shape index (κ2) is 11.5. The number of nitrogens with zero attached hydrogens (tertiary/aromatic N) is 2. The van der Waals surface area contributed by atoms with Gasteiger partial charge in [0.2, 0.25) is 5.91 Å². The van der Waals surface area contributed by atoms with Crippen LogP contribution in [0, 0.1) is 5.82 Å². The fourth-order valence-corrected chi connectivity index (χ4v) is 5.27. The molecule has 4 rings (SSSR count). The van der Waals surface area contributed by atoms with Crippen molar-refractivity contribution in [2.45, 2.75) is 38.7 Å². The number of carbonyl (C=O) groups excluding carboxylic acids is 1. The molecule has 2 heterocycles. The highest BCUT2D eigenvalue weighted by molar-refractivity contribution is 6.36. The predicted octanol–water partition coefficient (Wildman–Crippen LogP) is 6.04.